The Labute approximate surface area is 140 Å². The molecule has 0 spiro atoms. The van der Waals surface area contributed by atoms with Gasteiger partial charge in [0, 0.05) is 18.5 Å². The minimum absolute atomic E-state index is 0.160. The molecule has 24 heavy (non-hydrogen) atoms. The SMILES string of the molecule is O=C(NCCc1nnc(-c2ccccc2)o1)N[C@H]1CCCC[C@H]1O. The molecule has 1 heterocycles. The summed E-state index contributed by atoms with van der Waals surface area (Å²) in [7, 11) is 0. The quantitative estimate of drug-likeness (QED) is 0.777. The summed E-state index contributed by atoms with van der Waals surface area (Å²) >= 11 is 0. The van der Waals surface area contributed by atoms with E-state index in [9.17, 15) is 9.90 Å². The van der Waals surface area contributed by atoms with E-state index in [1.165, 1.54) is 0 Å². The fourth-order valence-corrected chi connectivity index (χ4v) is 2.83. The summed E-state index contributed by atoms with van der Waals surface area (Å²) in [6.45, 7) is 0.394. The lowest BCUT2D eigenvalue weighted by Gasteiger charge is -2.28. The monoisotopic (exact) mass is 330 g/mol. The number of rotatable bonds is 5. The fraction of sp³-hybridized carbons (Fsp3) is 0.471. The smallest absolute Gasteiger partial charge is 0.315 e. The molecule has 2 atom stereocenters. The van der Waals surface area contributed by atoms with Gasteiger partial charge in [0.25, 0.3) is 0 Å². The Balaban J connectivity index is 1.43. The first kappa shape index (κ1) is 16.4. The lowest BCUT2D eigenvalue weighted by molar-refractivity contribution is 0.0943. The molecule has 3 N–H and O–H groups in total. The van der Waals surface area contributed by atoms with Gasteiger partial charge in [-0.25, -0.2) is 4.79 Å². The summed E-state index contributed by atoms with van der Waals surface area (Å²) in [6.07, 6.45) is 3.62. The average molecular weight is 330 g/mol. The van der Waals surface area contributed by atoms with E-state index in [0.717, 1.165) is 31.2 Å². The van der Waals surface area contributed by atoms with Crippen LogP contribution >= 0.6 is 0 Å². The highest BCUT2D eigenvalue weighted by Crippen LogP contribution is 2.18. The molecule has 1 fully saturated rings. The van der Waals surface area contributed by atoms with Gasteiger partial charge in [0.05, 0.1) is 12.1 Å². The van der Waals surface area contributed by atoms with Gasteiger partial charge in [-0.15, -0.1) is 10.2 Å². The van der Waals surface area contributed by atoms with Gasteiger partial charge in [0.15, 0.2) is 0 Å². The van der Waals surface area contributed by atoms with Gasteiger partial charge in [0.1, 0.15) is 0 Å². The van der Waals surface area contributed by atoms with Crippen molar-refractivity contribution in [2.75, 3.05) is 6.54 Å². The van der Waals surface area contributed by atoms with E-state index in [4.69, 9.17) is 4.42 Å². The number of aliphatic hydroxyl groups is 1. The third-order valence-corrected chi connectivity index (χ3v) is 4.16. The van der Waals surface area contributed by atoms with E-state index in [1.54, 1.807) is 0 Å². The average Bonchev–Trinajstić information content (AvgIpc) is 3.07. The number of amides is 2. The fourth-order valence-electron chi connectivity index (χ4n) is 2.83. The molecule has 0 unspecified atom stereocenters. The maximum Gasteiger partial charge on any atom is 0.315 e. The molecule has 1 saturated carbocycles. The van der Waals surface area contributed by atoms with Crippen molar-refractivity contribution in [3.63, 3.8) is 0 Å². The van der Waals surface area contributed by atoms with E-state index in [2.05, 4.69) is 20.8 Å². The van der Waals surface area contributed by atoms with Crippen molar-refractivity contribution in [3.8, 4) is 11.5 Å². The first-order chi connectivity index (χ1) is 11.7. The Hall–Kier alpha value is -2.41. The maximum atomic E-state index is 11.9. The molecule has 2 aromatic rings. The van der Waals surface area contributed by atoms with Crippen molar-refractivity contribution in [1.29, 1.82) is 0 Å². The molecule has 128 valence electrons. The highest BCUT2D eigenvalue weighted by atomic mass is 16.4. The van der Waals surface area contributed by atoms with Crippen LogP contribution in [0.3, 0.4) is 0 Å². The molecule has 0 aliphatic heterocycles. The zero-order chi connectivity index (χ0) is 16.8. The molecule has 7 heteroatoms. The van der Waals surface area contributed by atoms with Crippen LogP contribution in [0.25, 0.3) is 11.5 Å². The summed E-state index contributed by atoms with van der Waals surface area (Å²) in [5.74, 6) is 0.951. The summed E-state index contributed by atoms with van der Waals surface area (Å²) in [4.78, 5) is 11.9. The molecule has 1 aliphatic rings. The van der Waals surface area contributed by atoms with Gasteiger partial charge in [-0.3, -0.25) is 0 Å². The summed E-state index contributed by atoms with van der Waals surface area (Å²) in [6, 6.07) is 9.11. The number of hydrogen-bond acceptors (Lipinski definition) is 5. The number of benzene rings is 1. The molecule has 0 bridgehead atoms. The van der Waals surface area contributed by atoms with E-state index >= 15 is 0 Å². The van der Waals surface area contributed by atoms with Crippen molar-refractivity contribution in [2.24, 2.45) is 0 Å². The van der Waals surface area contributed by atoms with Gasteiger partial charge in [0.2, 0.25) is 11.8 Å². The molecular formula is C17H22N4O3. The molecule has 0 saturated heterocycles. The van der Waals surface area contributed by atoms with E-state index < -0.39 is 6.10 Å². The second-order valence-corrected chi connectivity index (χ2v) is 5.98. The van der Waals surface area contributed by atoms with Crippen LogP contribution < -0.4 is 10.6 Å². The predicted molar refractivity (Wildman–Crippen MR) is 88.2 cm³/mol. The van der Waals surface area contributed by atoms with Crippen LogP contribution in [0.2, 0.25) is 0 Å². The first-order valence-electron chi connectivity index (χ1n) is 8.32. The van der Waals surface area contributed by atoms with Crippen LogP contribution in [0.15, 0.2) is 34.7 Å². The maximum absolute atomic E-state index is 11.9. The topological polar surface area (TPSA) is 100 Å². The largest absolute Gasteiger partial charge is 0.421 e. The summed E-state index contributed by atoms with van der Waals surface area (Å²) in [5, 5.41) is 23.4. The highest BCUT2D eigenvalue weighted by Gasteiger charge is 2.24. The Morgan fingerprint density at radius 3 is 2.79 bits per heavy atom. The Kier molecular flexibility index (Phi) is 5.43. The van der Waals surface area contributed by atoms with Crippen molar-refractivity contribution < 1.29 is 14.3 Å². The van der Waals surface area contributed by atoms with Crippen molar-refractivity contribution >= 4 is 6.03 Å². The number of urea groups is 1. The summed E-state index contributed by atoms with van der Waals surface area (Å²) in [5.41, 5.74) is 0.869. The standard InChI is InChI=1S/C17H22N4O3/c22-14-9-5-4-8-13(14)19-17(23)18-11-10-15-20-21-16(24-15)12-6-2-1-3-7-12/h1-3,6-7,13-14,22H,4-5,8-11H2,(H2,18,19,23)/t13-,14+/m0/s1. The second-order valence-electron chi connectivity index (χ2n) is 5.98. The van der Waals surface area contributed by atoms with Gasteiger partial charge >= 0.3 is 6.03 Å². The number of nitrogens with one attached hydrogen (secondary N) is 2. The first-order valence-corrected chi connectivity index (χ1v) is 8.32. The van der Waals surface area contributed by atoms with Crippen molar-refractivity contribution in [2.45, 2.75) is 44.2 Å². The predicted octanol–water partition coefficient (Wildman–Crippen LogP) is 1.88. The van der Waals surface area contributed by atoms with Gasteiger partial charge in [-0.1, -0.05) is 31.0 Å². The lowest BCUT2D eigenvalue weighted by atomic mass is 9.93. The van der Waals surface area contributed by atoms with Gasteiger partial charge < -0.3 is 20.2 Å². The third-order valence-electron chi connectivity index (χ3n) is 4.16. The molecule has 3 rings (SSSR count). The van der Waals surface area contributed by atoms with Crippen LogP contribution in [-0.4, -0.2) is 40.0 Å². The van der Waals surface area contributed by atoms with Crippen LogP contribution in [-0.2, 0) is 6.42 Å². The minimum atomic E-state index is -0.450. The number of carbonyl (C=O) groups excluding carboxylic acids is 1. The molecule has 1 aromatic carbocycles. The Morgan fingerprint density at radius 2 is 2.00 bits per heavy atom. The number of nitrogens with zero attached hydrogens (tertiary/aromatic N) is 2. The highest BCUT2D eigenvalue weighted by molar-refractivity contribution is 5.74. The van der Waals surface area contributed by atoms with Gasteiger partial charge in [-0.05, 0) is 25.0 Å². The third kappa shape index (κ3) is 4.32. The van der Waals surface area contributed by atoms with Gasteiger partial charge in [-0.2, -0.15) is 0 Å². The molecular weight excluding hydrogens is 308 g/mol. The number of aliphatic hydroxyl groups excluding tert-OH is 1. The molecule has 0 radical (unpaired) electrons. The number of hydrogen-bond donors (Lipinski definition) is 3. The van der Waals surface area contributed by atoms with Crippen LogP contribution in [0.5, 0.6) is 0 Å². The van der Waals surface area contributed by atoms with Crippen LogP contribution in [0, 0.1) is 0 Å². The molecule has 2 amide bonds. The van der Waals surface area contributed by atoms with E-state index in [0.29, 0.717) is 24.7 Å². The Bertz CT molecular complexity index is 659. The molecule has 7 nitrogen and oxygen atoms in total. The van der Waals surface area contributed by atoms with E-state index in [1.807, 2.05) is 30.3 Å². The number of carbonyl (C=O) groups is 1. The molecule has 1 aliphatic carbocycles. The van der Waals surface area contributed by atoms with Crippen LogP contribution in [0.1, 0.15) is 31.6 Å². The van der Waals surface area contributed by atoms with Crippen molar-refractivity contribution in [3.05, 3.63) is 36.2 Å². The second kappa shape index (κ2) is 7.92. The van der Waals surface area contributed by atoms with Crippen molar-refractivity contribution in [1.82, 2.24) is 20.8 Å². The zero-order valence-corrected chi connectivity index (χ0v) is 13.4. The minimum Gasteiger partial charge on any atom is -0.421 e. The summed E-state index contributed by atoms with van der Waals surface area (Å²) < 4.78 is 5.58. The van der Waals surface area contributed by atoms with E-state index in [-0.39, 0.29) is 12.1 Å². The lowest BCUT2D eigenvalue weighted by Crippen LogP contribution is -2.49. The van der Waals surface area contributed by atoms with Crippen LogP contribution in [0.4, 0.5) is 4.79 Å². The normalized spacial score (nSPS) is 20.5. The number of aromatic nitrogens is 2. The molecule has 1 aromatic heterocycles. The zero-order valence-electron chi connectivity index (χ0n) is 13.4. The Morgan fingerprint density at radius 1 is 1.21 bits per heavy atom.